The van der Waals surface area contributed by atoms with E-state index in [0.29, 0.717) is 27.4 Å². The predicted molar refractivity (Wildman–Crippen MR) is 132 cm³/mol. The molecule has 0 aliphatic heterocycles. The zero-order valence-corrected chi connectivity index (χ0v) is 19.7. The number of methoxy groups -OCH3 is 1. The first-order valence-corrected chi connectivity index (χ1v) is 11.5. The van der Waals surface area contributed by atoms with Crippen LogP contribution in [-0.4, -0.2) is 27.5 Å². The highest BCUT2D eigenvalue weighted by Crippen LogP contribution is 2.23. The molecular formula is C26H19N3O5S. The number of hydrogen-bond donors (Lipinski definition) is 0. The maximum atomic E-state index is 13.0. The number of benzene rings is 2. The molecule has 2 aromatic carbocycles. The van der Waals surface area contributed by atoms with Crippen molar-refractivity contribution in [2.75, 3.05) is 7.11 Å². The summed E-state index contributed by atoms with van der Waals surface area (Å²) in [6, 6.07) is 17.9. The summed E-state index contributed by atoms with van der Waals surface area (Å²) in [5.41, 5.74) is 1.62. The first-order chi connectivity index (χ1) is 16.9. The molecule has 0 aliphatic carbocycles. The SMILES string of the molecule is COc1ccc(Cc2nn3c(=O)/c(=C\c4ccc(-c5ccc(C(C)=O)cc5)o4)sc3nc2=O)cc1. The lowest BCUT2D eigenvalue weighted by Crippen LogP contribution is -2.28. The molecule has 0 unspecified atom stereocenters. The Morgan fingerprint density at radius 3 is 2.49 bits per heavy atom. The molecule has 0 N–H and O–H groups in total. The third-order valence-electron chi connectivity index (χ3n) is 5.46. The zero-order chi connectivity index (χ0) is 24.5. The molecule has 3 aromatic heterocycles. The van der Waals surface area contributed by atoms with Crippen molar-refractivity contribution in [3.63, 3.8) is 0 Å². The van der Waals surface area contributed by atoms with E-state index in [2.05, 4.69) is 10.1 Å². The van der Waals surface area contributed by atoms with E-state index in [-0.39, 0.29) is 28.4 Å². The third-order valence-corrected chi connectivity index (χ3v) is 6.42. The van der Waals surface area contributed by atoms with Gasteiger partial charge in [0.05, 0.1) is 7.11 Å². The van der Waals surface area contributed by atoms with Crippen LogP contribution in [0.2, 0.25) is 0 Å². The molecule has 174 valence electrons. The molecule has 35 heavy (non-hydrogen) atoms. The van der Waals surface area contributed by atoms with Gasteiger partial charge in [0.1, 0.15) is 27.5 Å². The molecule has 3 heterocycles. The fourth-order valence-corrected chi connectivity index (χ4v) is 4.46. The van der Waals surface area contributed by atoms with Gasteiger partial charge in [0.2, 0.25) is 4.96 Å². The van der Waals surface area contributed by atoms with Gasteiger partial charge in [-0.05, 0) is 36.8 Å². The van der Waals surface area contributed by atoms with Crippen LogP contribution in [0.25, 0.3) is 22.4 Å². The lowest BCUT2D eigenvalue weighted by Gasteiger charge is -2.02. The van der Waals surface area contributed by atoms with Gasteiger partial charge in [0, 0.05) is 23.6 Å². The Morgan fingerprint density at radius 2 is 1.80 bits per heavy atom. The number of furan rings is 1. The molecule has 5 rings (SSSR count). The summed E-state index contributed by atoms with van der Waals surface area (Å²) >= 11 is 1.07. The summed E-state index contributed by atoms with van der Waals surface area (Å²) in [7, 11) is 1.58. The minimum atomic E-state index is -0.470. The van der Waals surface area contributed by atoms with Crippen LogP contribution >= 0.6 is 11.3 Å². The van der Waals surface area contributed by atoms with Crippen LogP contribution in [0.1, 0.15) is 34.3 Å². The molecule has 0 saturated heterocycles. The van der Waals surface area contributed by atoms with E-state index in [4.69, 9.17) is 9.15 Å². The summed E-state index contributed by atoms with van der Waals surface area (Å²) in [6.45, 7) is 1.51. The van der Waals surface area contributed by atoms with Crippen molar-refractivity contribution in [3.05, 3.63) is 108 Å². The van der Waals surface area contributed by atoms with Crippen molar-refractivity contribution >= 4 is 28.2 Å². The highest BCUT2D eigenvalue weighted by molar-refractivity contribution is 7.15. The van der Waals surface area contributed by atoms with E-state index in [1.165, 1.54) is 6.92 Å². The summed E-state index contributed by atoms with van der Waals surface area (Å²) in [5.74, 6) is 1.78. The van der Waals surface area contributed by atoms with Crippen molar-refractivity contribution in [2.45, 2.75) is 13.3 Å². The number of aromatic nitrogens is 3. The molecule has 0 amide bonds. The van der Waals surface area contributed by atoms with Gasteiger partial charge in [0.15, 0.2) is 5.78 Å². The minimum absolute atomic E-state index is 0.00846. The van der Waals surface area contributed by atoms with Gasteiger partial charge in [-0.1, -0.05) is 47.7 Å². The van der Waals surface area contributed by atoms with Crippen molar-refractivity contribution in [1.82, 2.24) is 14.6 Å². The second-order valence-corrected chi connectivity index (χ2v) is 8.84. The maximum Gasteiger partial charge on any atom is 0.296 e. The number of carbonyl (C=O) groups is 1. The zero-order valence-electron chi connectivity index (χ0n) is 18.8. The second kappa shape index (κ2) is 9.11. The normalized spacial score (nSPS) is 11.8. The quantitative estimate of drug-likeness (QED) is 0.340. The van der Waals surface area contributed by atoms with Crippen LogP contribution in [0.3, 0.4) is 0 Å². The molecular weight excluding hydrogens is 466 g/mol. The van der Waals surface area contributed by atoms with Crippen molar-refractivity contribution in [1.29, 1.82) is 0 Å². The summed E-state index contributed by atoms with van der Waals surface area (Å²) < 4.78 is 12.5. The number of ketones is 1. The van der Waals surface area contributed by atoms with Crippen molar-refractivity contribution < 1.29 is 13.9 Å². The Bertz CT molecular complexity index is 1710. The van der Waals surface area contributed by atoms with E-state index in [0.717, 1.165) is 27.0 Å². The monoisotopic (exact) mass is 485 g/mol. The molecule has 0 bridgehead atoms. The molecule has 0 spiro atoms. The van der Waals surface area contributed by atoms with Gasteiger partial charge in [-0.2, -0.15) is 14.6 Å². The Hall–Kier alpha value is -4.37. The fourth-order valence-electron chi connectivity index (χ4n) is 3.57. The lowest BCUT2D eigenvalue weighted by molar-refractivity contribution is 0.101. The van der Waals surface area contributed by atoms with E-state index < -0.39 is 5.56 Å². The Kier molecular flexibility index (Phi) is 5.84. The molecule has 0 saturated carbocycles. The number of fused-ring (bicyclic) bond motifs is 1. The van der Waals surface area contributed by atoms with Crippen LogP contribution in [0, 0.1) is 0 Å². The highest BCUT2D eigenvalue weighted by atomic mass is 32.1. The van der Waals surface area contributed by atoms with Gasteiger partial charge in [-0.3, -0.25) is 14.4 Å². The van der Waals surface area contributed by atoms with Gasteiger partial charge in [-0.25, -0.2) is 0 Å². The van der Waals surface area contributed by atoms with Crippen molar-refractivity contribution in [2.24, 2.45) is 0 Å². The summed E-state index contributed by atoms with van der Waals surface area (Å²) in [4.78, 5) is 41.2. The number of nitrogens with zero attached hydrogens (tertiary/aromatic N) is 3. The Balaban J connectivity index is 1.46. The first kappa shape index (κ1) is 22.4. The number of hydrogen-bond acceptors (Lipinski definition) is 8. The third kappa shape index (κ3) is 4.53. The number of Topliss-reactive ketones (excluding diaryl/α,β-unsaturated/α-hetero) is 1. The molecule has 5 aromatic rings. The summed E-state index contributed by atoms with van der Waals surface area (Å²) in [6.07, 6.45) is 1.85. The van der Waals surface area contributed by atoms with Crippen molar-refractivity contribution in [3.8, 4) is 17.1 Å². The van der Waals surface area contributed by atoms with Crippen LogP contribution in [0.5, 0.6) is 5.75 Å². The number of ether oxygens (including phenoxy) is 1. The largest absolute Gasteiger partial charge is 0.497 e. The van der Waals surface area contributed by atoms with E-state index in [1.807, 2.05) is 24.3 Å². The van der Waals surface area contributed by atoms with Crippen LogP contribution in [-0.2, 0) is 6.42 Å². The smallest absolute Gasteiger partial charge is 0.296 e. The highest BCUT2D eigenvalue weighted by Gasteiger charge is 2.13. The van der Waals surface area contributed by atoms with Gasteiger partial charge >= 0.3 is 0 Å². The Morgan fingerprint density at radius 1 is 1.06 bits per heavy atom. The molecule has 9 heteroatoms. The molecule has 0 atom stereocenters. The Labute approximate surface area is 202 Å². The molecule has 0 aliphatic rings. The topological polar surface area (TPSA) is 104 Å². The van der Waals surface area contributed by atoms with Crippen LogP contribution in [0.15, 0.2) is 74.7 Å². The number of thiazole rings is 1. The second-order valence-electron chi connectivity index (χ2n) is 7.83. The van der Waals surface area contributed by atoms with Crippen LogP contribution in [0.4, 0.5) is 0 Å². The predicted octanol–water partition coefficient (Wildman–Crippen LogP) is 3.12. The fraction of sp³-hybridized carbons (Fsp3) is 0.115. The average Bonchev–Trinajstić information content (AvgIpc) is 3.45. The molecule has 8 nitrogen and oxygen atoms in total. The lowest BCUT2D eigenvalue weighted by atomic mass is 10.1. The number of carbonyl (C=O) groups excluding carboxylic acids is 1. The standard InChI is InChI=1S/C26H19N3O5S/c1-15(30)17-5-7-18(8-6-17)22-12-11-20(34-22)14-23-25(32)29-26(35-23)27-24(31)21(28-29)13-16-3-9-19(33-2)10-4-16/h3-12,14H,13H2,1-2H3/b23-14+. The van der Waals surface area contributed by atoms with Gasteiger partial charge < -0.3 is 9.15 Å². The summed E-state index contributed by atoms with van der Waals surface area (Å²) in [5, 5.41) is 4.28. The maximum absolute atomic E-state index is 13.0. The van der Waals surface area contributed by atoms with E-state index >= 15 is 0 Å². The molecule has 0 radical (unpaired) electrons. The minimum Gasteiger partial charge on any atom is -0.497 e. The van der Waals surface area contributed by atoms with Crippen LogP contribution < -0.4 is 20.4 Å². The van der Waals surface area contributed by atoms with E-state index in [1.54, 1.807) is 49.6 Å². The molecule has 0 fully saturated rings. The van der Waals surface area contributed by atoms with E-state index in [9.17, 15) is 14.4 Å². The average molecular weight is 486 g/mol. The van der Waals surface area contributed by atoms with Gasteiger partial charge in [-0.15, -0.1) is 0 Å². The number of rotatable bonds is 6. The van der Waals surface area contributed by atoms with Gasteiger partial charge in [0.25, 0.3) is 11.1 Å². The first-order valence-electron chi connectivity index (χ1n) is 10.7.